The number of likely N-dealkylation sites (tertiary alicyclic amines) is 1. The normalized spacial score (nSPS) is 18.9. The Labute approximate surface area is 150 Å². The fourth-order valence-electron chi connectivity index (χ4n) is 3.09. The minimum atomic E-state index is -2.32. The summed E-state index contributed by atoms with van der Waals surface area (Å²) in [5, 5.41) is 3.29. The van der Waals surface area contributed by atoms with Crippen LogP contribution in [0.3, 0.4) is 0 Å². The molecule has 5 nitrogen and oxygen atoms in total. The lowest BCUT2D eigenvalue weighted by molar-refractivity contribution is 0.0696. The van der Waals surface area contributed by atoms with Crippen molar-refractivity contribution in [1.29, 1.82) is 0 Å². The predicted octanol–water partition coefficient (Wildman–Crippen LogP) is 2.96. The molecule has 0 aromatic heterocycles. The molecule has 1 N–H and O–H groups in total. The van der Waals surface area contributed by atoms with E-state index in [0.29, 0.717) is 61.2 Å². The number of ether oxygens (including phenoxy) is 2. The molecule has 25 heavy (non-hydrogen) atoms. The fourth-order valence-corrected chi connectivity index (χ4v) is 3.35. The Bertz CT molecular complexity index is 622. The number of amides is 1. The molecule has 1 saturated heterocycles. The van der Waals surface area contributed by atoms with Gasteiger partial charge in [0.1, 0.15) is 0 Å². The van der Waals surface area contributed by atoms with E-state index in [1.54, 1.807) is 17.0 Å². The monoisotopic (exact) mass is 374 g/mol. The summed E-state index contributed by atoms with van der Waals surface area (Å²) in [5.41, 5.74) is 0.407. The van der Waals surface area contributed by atoms with Crippen molar-refractivity contribution >= 4 is 17.5 Å². The van der Waals surface area contributed by atoms with Gasteiger partial charge in [0.05, 0.1) is 24.8 Å². The van der Waals surface area contributed by atoms with E-state index in [4.69, 9.17) is 21.1 Å². The highest BCUT2D eigenvalue weighted by molar-refractivity contribution is 6.32. The number of carbonyl (C=O) groups excluding carboxylic acids is 1. The van der Waals surface area contributed by atoms with Crippen molar-refractivity contribution in [3.8, 4) is 11.5 Å². The largest absolute Gasteiger partial charge is 0.489 e. The van der Waals surface area contributed by atoms with Gasteiger partial charge in [0, 0.05) is 31.1 Å². The highest BCUT2D eigenvalue weighted by Gasteiger charge is 2.24. The maximum absolute atomic E-state index is 12.5. The number of nitrogens with zero attached hydrogens (tertiary/aromatic N) is 1. The third kappa shape index (κ3) is 4.73. The first kappa shape index (κ1) is 18.2. The highest BCUT2D eigenvalue weighted by Crippen LogP contribution is 2.38. The minimum Gasteiger partial charge on any atom is -0.489 e. The quantitative estimate of drug-likeness (QED) is 0.880. The summed E-state index contributed by atoms with van der Waals surface area (Å²) >= 11 is 6.21. The van der Waals surface area contributed by atoms with Crippen LogP contribution in [0.5, 0.6) is 11.5 Å². The molecule has 138 valence electrons. The summed E-state index contributed by atoms with van der Waals surface area (Å²) in [5.74, 6) is 0.697. The smallest absolute Gasteiger partial charge is 0.251 e. The van der Waals surface area contributed by atoms with Crippen molar-refractivity contribution in [1.82, 2.24) is 10.2 Å². The van der Waals surface area contributed by atoms with E-state index in [0.717, 1.165) is 6.42 Å². The van der Waals surface area contributed by atoms with Gasteiger partial charge in [-0.05, 0) is 25.0 Å². The summed E-state index contributed by atoms with van der Waals surface area (Å²) in [6, 6.07) is 3.17. The second-order valence-corrected chi connectivity index (χ2v) is 6.68. The van der Waals surface area contributed by atoms with Crippen LogP contribution in [0.4, 0.5) is 8.78 Å². The molecular weight excluding hydrogens is 354 g/mol. The molecule has 1 amide bonds. The first-order valence-electron chi connectivity index (χ1n) is 8.43. The third-order valence-corrected chi connectivity index (χ3v) is 4.66. The maximum atomic E-state index is 12.5. The van der Waals surface area contributed by atoms with Crippen LogP contribution in [-0.4, -0.2) is 56.1 Å². The Morgan fingerprint density at radius 2 is 2.00 bits per heavy atom. The molecule has 3 rings (SSSR count). The van der Waals surface area contributed by atoms with E-state index in [2.05, 4.69) is 5.32 Å². The van der Waals surface area contributed by atoms with Crippen molar-refractivity contribution in [2.24, 2.45) is 0 Å². The summed E-state index contributed by atoms with van der Waals surface area (Å²) < 4.78 is 36.0. The minimum absolute atomic E-state index is 0.0313. The molecule has 2 aliphatic rings. The zero-order valence-corrected chi connectivity index (χ0v) is 14.5. The van der Waals surface area contributed by atoms with Crippen LogP contribution in [0.2, 0.25) is 5.02 Å². The van der Waals surface area contributed by atoms with Gasteiger partial charge in [-0.1, -0.05) is 11.6 Å². The average molecular weight is 375 g/mol. The molecule has 1 aromatic rings. The SMILES string of the molecule is O=C(NC1CCN(CC(F)F)CC1)c1cc(Cl)c2c(c1)OCCCO2. The van der Waals surface area contributed by atoms with E-state index in [9.17, 15) is 13.6 Å². The number of benzene rings is 1. The van der Waals surface area contributed by atoms with Crippen LogP contribution in [0.25, 0.3) is 0 Å². The van der Waals surface area contributed by atoms with Crippen molar-refractivity contribution < 1.29 is 23.0 Å². The number of halogens is 3. The lowest BCUT2D eigenvalue weighted by atomic mass is 10.0. The molecule has 0 bridgehead atoms. The summed E-state index contributed by atoms with van der Waals surface area (Å²) in [6.45, 7) is 1.93. The zero-order valence-electron chi connectivity index (χ0n) is 13.8. The molecule has 2 aliphatic heterocycles. The number of rotatable bonds is 4. The lowest BCUT2D eigenvalue weighted by Crippen LogP contribution is -2.45. The van der Waals surface area contributed by atoms with Crippen LogP contribution in [-0.2, 0) is 0 Å². The molecule has 1 aromatic carbocycles. The molecule has 0 unspecified atom stereocenters. The van der Waals surface area contributed by atoms with Gasteiger partial charge in [-0.25, -0.2) is 8.78 Å². The Morgan fingerprint density at radius 3 is 2.72 bits per heavy atom. The van der Waals surface area contributed by atoms with Crippen LogP contribution >= 0.6 is 11.6 Å². The summed E-state index contributed by atoms with van der Waals surface area (Å²) in [7, 11) is 0. The zero-order chi connectivity index (χ0) is 17.8. The highest BCUT2D eigenvalue weighted by atomic mass is 35.5. The number of fused-ring (bicyclic) bond motifs is 1. The maximum Gasteiger partial charge on any atom is 0.251 e. The lowest BCUT2D eigenvalue weighted by Gasteiger charge is -2.32. The molecule has 2 heterocycles. The fraction of sp³-hybridized carbons (Fsp3) is 0.588. The molecule has 1 fully saturated rings. The topological polar surface area (TPSA) is 50.8 Å². The Kier molecular flexibility index (Phi) is 5.96. The number of hydrogen-bond acceptors (Lipinski definition) is 4. The second kappa shape index (κ2) is 8.19. The molecule has 0 spiro atoms. The van der Waals surface area contributed by atoms with Crippen LogP contribution in [0.15, 0.2) is 12.1 Å². The van der Waals surface area contributed by atoms with Crippen molar-refractivity contribution in [2.75, 3.05) is 32.8 Å². The molecule has 0 radical (unpaired) electrons. The molecule has 8 heteroatoms. The van der Waals surface area contributed by atoms with E-state index in [1.165, 1.54) is 0 Å². The molecule has 0 saturated carbocycles. The molecule has 0 atom stereocenters. The van der Waals surface area contributed by atoms with Gasteiger partial charge in [0.25, 0.3) is 12.3 Å². The first-order chi connectivity index (χ1) is 12.0. The van der Waals surface area contributed by atoms with Crippen LogP contribution in [0.1, 0.15) is 29.6 Å². The first-order valence-corrected chi connectivity index (χ1v) is 8.81. The summed E-state index contributed by atoms with van der Waals surface area (Å²) in [6.07, 6.45) is -0.271. The van der Waals surface area contributed by atoms with Gasteiger partial charge in [-0.15, -0.1) is 0 Å². The van der Waals surface area contributed by atoms with Gasteiger partial charge in [-0.2, -0.15) is 0 Å². The summed E-state index contributed by atoms with van der Waals surface area (Å²) in [4.78, 5) is 14.2. The van der Waals surface area contributed by atoms with Gasteiger partial charge in [0.2, 0.25) is 0 Å². The van der Waals surface area contributed by atoms with Crippen LogP contribution in [0, 0.1) is 0 Å². The van der Waals surface area contributed by atoms with E-state index < -0.39 is 6.43 Å². The van der Waals surface area contributed by atoms with E-state index >= 15 is 0 Å². The Morgan fingerprint density at radius 1 is 1.28 bits per heavy atom. The van der Waals surface area contributed by atoms with Gasteiger partial charge >= 0.3 is 0 Å². The Hall–Kier alpha value is -1.60. The average Bonchev–Trinajstić information content (AvgIpc) is 2.82. The van der Waals surface area contributed by atoms with Gasteiger partial charge in [-0.3, -0.25) is 9.69 Å². The third-order valence-electron chi connectivity index (χ3n) is 4.38. The Balaban J connectivity index is 1.60. The second-order valence-electron chi connectivity index (χ2n) is 6.28. The van der Waals surface area contributed by atoms with Crippen LogP contribution < -0.4 is 14.8 Å². The number of nitrogens with one attached hydrogen (secondary N) is 1. The van der Waals surface area contributed by atoms with E-state index in [-0.39, 0.29) is 18.5 Å². The van der Waals surface area contributed by atoms with Gasteiger partial charge in [0.15, 0.2) is 11.5 Å². The standard InChI is InChI=1S/C17H21ClF2N2O3/c18-13-8-11(9-14-16(13)25-7-1-6-24-14)17(23)21-12-2-4-22(5-3-12)10-15(19)20/h8-9,12,15H,1-7,10H2,(H,21,23). The predicted molar refractivity (Wildman–Crippen MR) is 90.0 cm³/mol. The van der Waals surface area contributed by atoms with Crippen molar-refractivity contribution in [3.05, 3.63) is 22.7 Å². The molecule has 0 aliphatic carbocycles. The van der Waals surface area contributed by atoms with Crippen molar-refractivity contribution in [2.45, 2.75) is 31.7 Å². The number of hydrogen-bond donors (Lipinski definition) is 1. The van der Waals surface area contributed by atoms with Gasteiger partial charge < -0.3 is 14.8 Å². The van der Waals surface area contributed by atoms with E-state index in [1.807, 2.05) is 0 Å². The number of piperidine rings is 1. The number of alkyl halides is 2. The number of carbonyl (C=O) groups is 1. The molecular formula is C17H21ClF2N2O3. The van der Waals surface area contributed by atoms with Crippen molar-refractivity contribution in [3.63, 3.8) is 0 Å².